The second-order valence-corrected chi connectivity index (χ2v) is 25.4. The Labute approximate surface area is 553 Å². The summed E-state index contributed by atoms with van der Waals surface area (Å²) in [5, 5.41) is 0.604. The van der Waals surface area contributed by atoms with E-state index >= 15 is 9.59 Å². The lowest BCUT2D eigenvalue weighted by Gasteiger charge is -2.38. The molecule has 0 bridgehead atoms. The predicted octanol–water partition coefficient (Wildman–Crippen LogP) is 10.2. The van der Waals surface area contributed by atoms with Crippen LogP contribution in [0.15, 0.2) is 155 Å². The lowest BCUT2D eigenvalue weighted by Crippen LogP contribution is -2.53. The molecule has 2 unspecified atom stereocenters. The van der Waals surface area contributed by atoms with Gasteiger partial charge in [-0.25, -0.2) is 9.59 Å². The Morgan fingerprint density at radius 2 is 0.848 bits per heavy atom. The average Bonchev–Trinajstić information content (AvgIpc) is 1.54. The van der Waals surface area contributed by atoms with Crippen molar-refractivity contribution in [3.63, 3.8) is 0 Å². The van der Waals surface area contributed by atoms with Gasteiger partial charge in [-0.2, -0.15) is 0 Å². The number of methoxy groups -OCH3 is 4. The van der Waals surface area contributed by atoms with Gasteiger partial charge in [0.15, 0.2) is 0 Å². The Hall–Kier alpha value is -8.12. The molecular formula is C68H72Cl2N6O14S2. The Bertz CT molecular complexity index is 3450. The van der Waals surface area contributed by atoms with Gasteiger partial charge in [0.25, 0.3) is 11.8 Å². The zero-order valence-electron chi connectivity index (χ0n) is 51.9. The molecule has 6 aromatic rings. The molecule has 10 rings (SSSR count). The maximum atomic E-state index is 15.5. The lowest BCUT2D eigenvalue weighted by molar-refractivity contribution is -0.174. The van der Waals surface area contributed by atoms with Gasteiger partial charge in [0, 0.05) is 122 Å². The van der Waals surface area contributed by atoms with E-state index in [1.54, 1.807) is 99.1 Å². The molecule has 24 heteroatoms. The number of nitrogens with zero attached hydrogens (tertiary/aromatic N) is 6. The van der Waals surface area contributed by atoms with Crippen LogP contribution in [0, 0.1) is 0 Å². The highest BCUT2D eigenvalue weighted by molar-refractivity contribution is 8.00. The summed E-state index contributed by atoms with van der Waals surface area (Å²) in [6.07, 6.45) is -1.06. The number of hydrogen-bond donors (Lipinski definition) is 0. The highest BCUT2D eigenvalue weighted by atomic mass is 35.5. The second kappa shape index (κ2) is 30.1. The van der Waals surface area contributed by atoms with E-state index in [0.717, 1.165) is 125 Å². The van der Waals surface area contributed by atoms with Gasteiger partial charge in [-0.15, -0.1) is 0 Å². The third-order valence-electron chi connectivity index (χ3n) is 16.3. The highest BCUT2D eigenvalue weighted by Gasteiger charge is 2.57. The predicted molar refractivity (Wildman–Crippen MR) is 354 cm³/mol. The minimum Gasteiger partial charge on any atom is -0.497 e. The fourth-order valence-corrected chi connectivity index (χ4v) is 15.2. The molecule has 6 aromatic carbocycles. The lowest BCUT2D eigenvalue weighted by atomic mass is 10.0. The standard InChI is InChI=1S/C68H72Cl2N6O14S2/c1-45(77)87-63-65(81)75(33-11-31-71-35-39-73(40-36-71)53-13-7-9-15-57(53)85-5)55-27-21-49(69)43-59(55)91-67(63,47-17-23-51(83-3)24-18-47)89-61(79)29-30-62(80)90-68(48-19-25-52(84-4)26-20-48)64(88-46(2)78)66(82)76(56-28-22-50(70)44-60(56)92-68)34-12-32-72-37-41-74(42-38-72)54-14-8-10-16-58(54)86-6/h7-10,13-30,43-44,63-64H,11-12,31-42H2,1-6H3/b30-29+/t63?,64?,67-,68-/m1/s1. The summed E-state index contributed by atoms with van der Waals surface area (Å²) in [5.41, 5.74) is 3.30. The summed E-state index contributed by atoms with van der Waals surface area (Å²) in [4.78, 5) is 96.2. The number of carbonyl (C=O) groups is 6. The molecule has 2 saturated heterocycles. The van der Waals surface area contributed by atoms with Crippen LogP contribution in [-0.2, 0) is 57.6 Å². The first-order valence-corrected chi connectivity index (χ1v) is 32.4. The highest BCUT2D eigenvalue weighted by Crippen LogP contribution is 2.55. The number of thioether (sulfide) groups is 2. The van der Waals surface area contributed by atoms with Crippen molar-refractivity contribution in [3.05, 3.63) is 167 Å². The average molecular weight is 1330 g/mol. The number of anilines is 4. The molecule has 2 amide bonds. The van der Waals surface area contributed by atoms with E-state index in [1.807, 2.05) is 48.5 Å². The normalized spacial score (nSPS) is 20.3. The van der Waals surface area contributed by atoms with Crippen LogP contribution in [0.25, 0.3) is 0 Å². The van der Waals surface area contributed by atoms with Gasteiger partial charge in [-0.05, 0) is 111 Å². The number of benzene rings is 6. The summed E-state index contributed by atoms with van der Waals surface area (Å²) in [7, 11) is 6.27. The van der Waals surface area contributed by atoms with Gasteiger partial charge >= 0.3 is 23.9 Å². The van der Waals surface area contributed by atoms with E-state index in [0.29, 0.717) is 68.6 Å². The molecule has 2 fully saturated rings. The number of rotatable bonds is 22. The number of carbonyl (C=O) groups excluding carboxylic acids is 6. The van der Waals surface area contributed by atoms with Crippen LogP contribution >= 0.6 is 46.7 Å². The van der Waals surface area contributed by atoms with Crippen LogP contribution < -0.4 is 38.5 Å². The number of para-hydroxylation sites is 4. The number of piperazine rings is 2. The zero-order valence-corrected chi connectivity index (χ0v) is 55.0. The zero-order chi connectivity index (χ0) is 65.1. The van der Waals surface area contributed by atoms with Gasteiger partial charge in [0.2, 0.25) is 22.1 Å². The molecule has 0 spiro atoms. The summed E-state index contributed by atoms with van der Waals surface area (Å²) in [5.74, 6) is -3.01. The van der Waals surface area contributed by atoms with E-state index in [4.69, 9.17) is 61.1 Å². The van der Waals surface area contributed by atoms with Crippen molar-refractivity contribution in [2.24, 2.45) is 0 Å². The van der Waals surface area contributed by atoms with Crippen molar-refractivity contribution in [1.29, 1.82) is 0 Å². The van der Waals surface area contributed by atoms with E-state index in [9.17, 15) is 19.2 Å². The molecule has 4 aliphatic rings. The summed E-state index contributed by atoms with van der Waals surface area (Å²) in [6, 6.07) is 38.5. The van der Waals surface area contributed by atoms with Crippen molar-refractivity contribution in [1.82, 2.24) is 9.80 Å². The van der Waals surface area contributed by atoms with Gasteiger partial charge in [-0.1, -0.05) is 95.3 Å². The number of ether oxygens (including phenoxy) is 8. The number of fused-ring (bicyclic) bond motifs is 2. The van der Waals surface area contributed by atoms with Gasteiger partial charge < -0.3 is 57.5 Å². The summed E-state index contributed by atoms with van der Waals surface area (Å²) < 4.78 is 47.4. The monoisotopic (exact) mass is 1330 g/mol. The first kappa shape index (κ1) is 66.8. The third kappa shape index (κ3) is 15.0. The Kier molecular flexibility index (Phi) is 21.8. The Morgan fingerprint density at radius 3 is 1.20 bits per heavy atom. The molecule has 0 radical (unpaired) electrons. The molecule has 4 aliphatic heterocycles. The molecule has 20 nitrogen and oxygen atoms in total. The van der Waals surface area contributed by atoms with Gasteiger partial charge in [0.05, 0.1) is 51.2 Å². The topological polar surface area (TPSA) is 196 Å². The maximum absolute atomic E-state index is 15.5. The van der Waals surface area contributed by atoms with Crippen molar-refractivity contribution in [2.75, 3.05) is 127 Å². The quantitative estimate of drug-likeness (QED) is 0.0353. The van der Waals surface area contributed by atoms with E-state index in [1.165, 1.54) is 24.0 Å². The fraction of sp³-hybridized carbons (Fsp3) is 0.353. The van der Waals surface area contributed by atoms with Gasteiger partial charge in [-0.3, -0.25) is 29.0 Å². The number of amides is 2. The minimum atomic E-state index is -2.20. The summed E-state index contributed by atoms with van der Waals surface area (Å²) in [6.45, 7) is 9.89. The van der Waals surface area contributed by atoms with Crippen LogP contribution in [-0.4, -0.2) is 165 Å². The molecule has 0 saturated carbocycles. The third-order valence-corrected chi connectivity index (χ3v) is 19.6. The molecule has 92 heavy (non-hydrogen) atoms. The van der Waals surface area contributed by atoms with Gasteiger partial charge in [0.1, 0.15) is 23.0 Å². The van der Waals surface area contributed by atoms with E-state index < -0.39 is 57.8 Å². The van der Waals surface area contributed by atoms with Crippen molar-refractivity contribution in [3.8, 4) is 23.0 Å². The molecule has 0 N–H and O–H groups in total. The van der Waals surface area contributed by atoms with E-state index in [2.05, 4.69) is 19.6 Å². The van der Waals surface area contributed by atoms with Crippen LogP contribution in [0.1, 0.15) is 37.8 Å². The minimum absolute atomic E-state index is 0.167. The molecule has 0 aliphatic carbocycles. The molecule has 484 valence electrons. The van der Waals surface area contributed by atoms with Crippen LogP contribution in [0.5, 0.6) is 23.0 Å². The Morgan fingerprint density at radius 1 is 0.478 bits per heavy atom. The molecule has 0 aromatic heterocycles. The smallest absolute Gasteiger partial charge is 0.332 e. The number of hydrogen-bond acceptors (Lipinski definition) is 20. The molecule has 4 heterocycles. The number of halogens is 2. The molecular weight excluding hydrogens is 1260 g/mol. The largest absolute Gasteiger partial charge is 0.497 e. The second-order valence-electron chi connectivity index (χ2n) is 22.1. The first-order valence-electron chi connectivity index (χ1n) is 30.0. The maximum Gasteiger partial charge on any atom is 0.332 e. The van der Waals surface area contributed by atoms with Crippen LogP contribution in [0.4, 0.5) is 22.7 Å². The van der Waals surface area contributed by atoms with Crippen molar-refractivity contribution >= 4 is 105 Å². The Balaban J connectivity index is 0.933. The SMILES string of the molecule is COc1ccc([C@@]2(OC(=O)/C=C/C(=O)O[C@]3(c4ccc(OC)cc4)Sc4cc(Cl)ccc4N(CCCN4CCN(c5ccccc5OC)CC4)C(=O)C3OC(C)=O)Sc3cc(Cl)ccc3N(CCCN3CCN(c4ccccc4OC)CC3)C(=O)C2OC(C)=O)cc1. The van der Waals surface area contributed by atoms with Crippen molar-refractivity contribution < 1.29 is 66.7 Å². The van der Waals surface area contributed by atoms with Crippen LogP contribution in [0.3, 0.4) is 0 Å². The number of esters is 4. The van der Waals surface area contributed by atoms with E-state index in [-0.39, 0.29) is 24.2 Å². The molecule has 4 atom stereocenters. The summed E-state index contributed by atoms with van der Waals surface area (Å²) >= 11 is 15.3. The van der Waals surface area contributed by atoms with Crippen LogP contribution in [0.2, 0.25) is 10.0 Å². The van der Waals surface area contributed by atoms with Crippen molar-refractivity contribution in [2.45, 2.75) is 58.6 Å². The first-order chi connectivity index (χ1) is 44.5. The fourth-order valence-electron chi connectivity index (χ4n) is 11.9.